The molecule has 4 heteroatoms. The number of amides is 2. The molecule has 102 valence electrons. The SMILES string of the molecule is CC1CCCCN1C(=O)CN1CCCCCC1=O. The first-order valence-corrected chi connectivity index (χ1v) is 7.26. The van der Waals surface area contributed by atoms with E-state index in [4.69, 9.17) is 0 Å². The van der Waals surface area contributed by atoms with Gasteiger partial charge in [0.15, 0.2) is 0 Å². The number of nitrogens with zero attached hydrogens (tertiary/aromatic N) is 2. The standard InChI is InChI=1S/C14H24N2O2/c1-12-7-4-6-10-16(12)14(18)11-15-9-5-2-3-8-13(15)17/h12H,2-11H2,1H3. The van der Waals surface area contributed by atoms with Crippen LogP contribution in [0.1, 0.15) is 51.9 Å². The lowest BCUT2D eigenvalue weighted by atomic mass is 10.0. The molecular weight excluding hydrogens is 228 g/mol. The van der Waals surface area contributed by atoms with Crippen molar-refractivity contribution in [3.05, 3.63) is 0 Å². The van der Waals surface area contributed by atoms with Gasteiger partial charge in [0.05, 0.1) is 6.54 Å². The van der Waals surface area contributed by atoms with Crippen LogP contribution in [0, 0.1) is 0 Å². The smallest absolute Gasteiger partial charge is 0.242 e. The summed E-state index contributed by atoms with van der Waals surface area (Å²) in [6.07, 6.45) is 7.15. The summed E-state index contributed by atoms with van der Waals surface area (Å²) < 4.78 is 0. The maximum absolute atomic E-state index is 12.3. The molecule has 0 spiro atoms. The van der Waals surface area contributed by atoms with Crippen molar-refractivity contribution in [3.63, 3.8) is 0 Å². The zero-order chi connectivity index (χ0) is 13.0. The van der Waals surface area contributed by atoms with E-state index >= 15 is 0 Å². The van der Waals surface area contributed by atoms with Gasteiger partial charge in [0.25, 0.3) is 0 Å². The van der Waals surface area contributed by atoms with Crippen molar-refractivity contribution in [2.24, 2.45) is 0 Å². The van der Waals surface area contributed by atoms with Crippen LogP contribution in [-0.4, -0.2) is 47.3 Å². The minimum absolute atomic E-state index is 0.137. The Balaban J connectivity index is 1.90. The minimum atomic E-state index is 0.137. The van der Waals surface area contributed by atoms with Gasteiger partial charge in [-0.05, 0) is 39.0 Å². The van der Waals surface area contributed by atoms with Crippen molar-refractivity contribution in [1.82, 2.24) is 9.80 Å². The molecular formula is C14H24N2O2. The molecule has 0 bridgehead atoms. The molecule has 2 saturated heterocycles. The van der Waals surface area contributed by atoms with Crippen molar-refractivity contribution in [2.45, 2.75) is 57.9 Å². The van der Waals surface area contributed by atoms with E-state index in [0.29, 0.717) is 19.0 Å². The molecule has 2 amide bonds. The first-order chi connectivity index (χ1) is 8.68. The molecule has 0 radical (unpaired) electrons. The fraction of sp³-hybridized carbons (Fsp3) is 0.857. The van der Waals surface area contributed by atoms with Crippen molar-refractivity contribution in [3.8, 4) is 0 Å². The fourth-order valence-corrected chi connectivity index (χ4v) is 2.93. The molecule has 1 atom stereocenters. The Bertz CT molecular complexity index is 317. The number of rotatable bonds is 2. The summed E-state index contributed by atoms with van der Waals surface area (Å²) in [4.78, 5) is 27.9. The predicted octanol–water partition coefficient (Wildman–Crippen LogP) is 1.79. The highest BCUT2D eigenvalue weighted by Crippen LogP contribution is 2.17. The molecule has 2 fully saturated rings. The molecule has 0 saturated carbocycles. The number of carbonyl (C=O) groups excluding carboxylic acids is 2. The van der Waals surface area contributed by atoms with E-state index < -0.39 is 0 Å². The zero-order valence-corrected chi connectivity index (χ0v) is 11.4. The topological polar surface area (TPSA) is 40.6 Å². The predicted molar refractivity (Wildman–Crippen MR) is 70.1 cm³/mol. The third-order valence-electron chi connectivity index (χ3n) is 4.12. The van der Waals surface area contributed by atoms with Gasteiger partial charge in [0, 0.05) is 25.6 Å². The van der Waals surface area contributed by atoms with Crippen LogP contribution in [0.5, 0.6) is 0 Å². The summed E-state index contributed by atoms with van der Waals surface area (Å²) in [6, 6.07) is 0.341. The average molecular weight is 252 g/mol. The van der Waals surface area contributed by atoms with Crippen molar-refractivity contribution in [2.75, 3.05) is 19.6 Å². The van der Waals surface area contributed by atoms with E-state index in [-0.39, 0.29) is 11.8 Å². The number of likely N-dealkylation sites (tertiary alicyclic amines) is 2. The molecule has 0 aromatic carbocycles. The maximum Gasteiger partial charge on any atom is 0.242 e. The maximum atomic E-state index is 12.3. The summed E-state index contributed by atoms with van der Waals surface area (Å²) in [5.41, 5.74) is 0. The largest absolute Gasteiger partial charge is 0.338 e. The molecule has 1 unspecified atom stereocenters. The highest BCUT2D eigenvalue weighted by molar-refractivity contribution is 5.85. The molecule has 2 heterocycles. The molecule has 0 N–H and O–H groups in total. The van der Waals surface area contributed by atoms with E-state index in [1.165, 1.54) is 6.42 Å². The van der Waals surface area contributed by atoms with Gasteiger partial charge in [0.1, 0.15) is 0 Å². The molecule has 0 aromatic rings. The molecule has 2 rings (SSSR count). The number of hydrogen-bond acceptors (Lipinski definition) is 2. The highest BCUT2D eigenvalue weighted by Gasteiger charge is 2.26. The van der Waals surface area contributed by atoms with Crippen LogP contribution < -0.4 is 0 Å². The van der Waals surface area contributed by atoms with Gasteiger partial charge in [-0.1, -0.05) is 6.42 Å². The van der Waals surface area contributed by atoms with E-state index in [1.807, 2.05) is 4.90 Å². The van der Waals surface area contributed by atoms with Crippen LogP contribution in [0.25, 0.3) is 0 Å². The normalized spacial score (nSPS) is 26.1. The lowest BCUT2D eigenvalue weighted by Gasteiger charge is -2.35. The first kappa shape index (κ1) is 13.4. The van der Waals surface area contributed by atoms with Gasteiger partial charge in [-0.15, -0.1) is 0 Å². The minimum Gasteiger partial charge on any atom is -0.338 e. The molecule has 2 aliphatic rings. The van der Waals surface area contributed by atoms with E-state index in [9.17, 15) is 9.59 Å². The molecule has 0 aromatic heterocycles. The summed E-state index contributed by atoms with van der Waals surface area (Å²) in [6.45, 7) is 4.03. The summed E-state index contributed by atoms with van der Waals surface area (Å²) in [5, 5.41) is 0. The third-order valence-corrected chi connectivity index (χ3v) is 4.12. The Morgan fingerprint density at radius 1 is 1.17 bits per heavy atom. The van der Waals surface area contributed by atoms with Gasteiger partial charge >= 0.3 is 0 Å². The number of hydrogen-bond donors (Lipinski definition) is 0. The second kappa shape index (κ2) is 6.21. The molecule has 18 heavy (non-hydrogen) atoms. The van der Waals surface area contributed by atoms with Crippen LogP contribution in [-0.2, 0) is 9.59 Å². The van der Waals surface area contributed by atoms with Gasteiger partial charge in [-0.2, -0.15) is 0 Å². The lowest BCUT2D eigenvalue weighted by molar-refractivity contribution is -0.142. The van der Waals surface area contributed by atoms with Gasteiger partial charge in [0.2, 0.25) is 11.8 Å². The molecule has 4 nitrogen and oxygen atoms in total. The molecule has 0 aliphatic carbocycles. The van der Waals surface area contributed by atoms with Crippen LogP contribution in [0.3, 0.4) is 0 Å². The fourth-order valence-electron chi connectivity index (χ4n) is 2.93. The monoisotopic (exact) mass is 252 g/mol. The number of carbonyl (C=O) groups is 2. The van der Waals surface area contributed by atoms with Crippen molar-refractivity contribution >= 4 is 11.8 Å². The third kappa shape index (κ3) is 3.24. The first-order valence-electron chi connectivity index (χ1n) is 7.26. The van der Waals surface area contributed by atoms with E-state index in [0.717, 1.165) is 45.2 Å². The lowest BCUT2D eigenvalue weighted by Crippen LogP contribution is -2.48. The van der Waals surface area contributed by atoms with Crippen LogP contribution in [0.15, 0.2) is 0 Å². The summed E-state index contributed by atoms with van der Waals surface area (Å²) in [7, 11) is 0. The van der Waals surface area contributed by atoms with Gasteiger partial charge in [-0.25, -0.2) is 0 Å². The number of piperidine rings is 1. The summed E-state index contributed by atoms with van der Waals surface area (Å²) in [5.74, 6) is 0.294. The zero-order valence-electron chi connectivity index (χ0n) is 11.4. The Morgan fingerprint density at radius 2 is 1.94 bits per heavy atom. The van der Waals surface area contributed by atoms with Crippen LogP contribution in [0.4, 0.5) is 0 Å². The second-order valence-electron chi connectivity index (χ2n) is 5.56. The highest BCUT2D eigenvalue weighted by atomic mass is 16.2. The Kier molecular flexibility index (Phi) is 4.61. The quantitative estimate of drug-likeness (QED) is 0.752. The van der Waals surface area contributed by atoms with Crippen LogP contribution >= 0.6 is 0 Å². The average Bonchev–Trinajstić information content (AvgIpc) is 2.55. The second-order valence-corrected chi connectivity index (χ2v) is 5.56. The van der Waals surface area contributed by atoms with Gasteiger partial charge in [-0.3, -0.25) is 9.59 Å². The van der Waals surface area contributed by atoms with Crippen molar-refractivity contribution in [1.29, 1.82) is 0 Å². The Morgan fingerprint density at radius 3 is 2.72 bits per heavy atom. The van der Waals surface area contributed by atoms with Crippen LogP contribution in [0.2, 0.25) is 0 Å². The van der Waals surface area contributed by atoms with Crippen molar-refractivity contribution < 1.29 is 9.59 Å². The van der Waals surface area contributed by atoms with E-state index in [1.54, 1.807) is 4.90 Å². The van der Waals surface area contributed by atoms with E-state index in [2.05, 4.69) is 6.92 Å². The van der Waals surface area contributed by atoms with Gasteiger partial charge < -0.3 is 9.80 Å². The Labute approximate surface area is 109 Å². The Hall–Kier alpha value is -1.06. The summed E-state index contributed by atoms with van der Waals surface area (Å²) >= 11 is 0. The molecule has 2 aliphatic heterocycles.